The Morgan fingerprint density at radius 2 is 1.79 bits per heavy atom. The fourth-order valence-electron chi connectivity index (χ4n) is 3.05. The third kappa shape index (κ3) is 4.53. The van der Waals surface area contributed by atoms with Gasteiger partial charge in [-0.05, 0) is 49.2 Å². The van der Waals surface area contributed by atoms with E-state index < -0.39 is 6.10 Å². The van der Waals surface area contributed by atoms with E-state index in [1.807, 2.05) is 12.1 Å². The minimum Gasteiger partial charge on any atom is -0.493 e. The van der Waals surface area contributed by atoms with E-state index in [0.29, 0.717) is 40.8 Å². The van der Waals surface area contributed by atoms with Gasteiger partial charge in [-0.1, -0.05) is 0 Å². The van der Waals surface area contributed by atoms with Crippen molar-refractivity contribution in [3.8, 4) is 23.0 Å². The Balaban J connectivity index is 1.65. The number of carbonyl (C=O) groups excluding carboxylic acids is 2. The Morgan fingerprint density at radius 1 is 1.10 bits per heavy atom. The summed E-state index contributed by atoms with van der Waals surface area (Å²) < 4.78 is 21.5. The van der Waals surface area contributed by atoms with Gasteiger partial charge in [0.05, 0.1) is 27.0 Å². The summed E-state index contributed by atoms with van der Waals surface area (Å²) in [5.74, 6) is 1.80. The third-order valence-corrected chi connectivity index (χ3v) is 4.56. The summed E-state index contributed by atoms with van der Waals surface area (Å²) in [5.41, 5.74) is 2.00. The highest BCUT2D eigenvalue weighted by atomic mass is 16.5. The lowest BCUT2D eigenvalue weighted by Gasteiger charge is -2.23. The van der Waals surface area contributed by atoms with Crippen LogP contribution in [0.25, 0.3) is 0 Å². The lowest BCUT2D eigenvalue weighted by molar-refractivity contribution is -0.122. The first-order valence-corrected chi connectivity index (χ1v) is 9.15. The number of aryl methyl sites for hydroxylation is 1. The van der Waals surface area contributed by atoms with Gasteiger partial charge in [0.1, 0.15) is 5.75 Å². The molecule has 1 aliphatic rings. The first-order valence-electron chi connectivity index (χ1n) is 9.15. The smallest absolute Gasteiger partial charge is 0.265 e. The molecule has 2 amide bonds. The van der Waals surface area contributed by atoms with E-state index in [1.54, 1.807) is 46.5 Å². The summed E-state index contributed by atoms with van der Waals surface area (Å²) in [6.45, 7) is 1.68. The van der Waals surface area contributed by atoms with Crippen LogP contribution in [0.4, 0.5) is 11.4 Å². The van der Waals surface area contributed by atoms with Crippen LogP contribution in [-0.4, -0.2) is 39.2 Å². The molecule has 0 radical (unpaired) electrons. The normalized spacial score (nSPS) is 14.9. The van der Waals surface area contributed by atoms with E-state index >= 15 is 0 Å². The average Bonchev–Trinajstić information content (AvgIpc) is 2.72. The molecule has 2 N–H and O–H groups in total. The van der Waals surface area contributed by atoms with Crippen LogP contribution < -0.4 is 29.6 Å². The first-order chi connectivity index (χ1) is 13.9. The summed E-state index contributed by atoms with van der Waals surface area (Å²) in [7, 11) is 4.64. The van der Waals surface area contributed by atoms with E-state index in [9.17, 15) is 9.59 Å². The number of hydrogen-bond donors (Lipinski definition) is 2. The fraction of sp³-hybridized carbons (Fsp3) is 0.333. The molecule has 2 aromatic carbocycles. The summed E-state index contributed by atoms with van der Waals surface area (Å²) in [4.78, 5) is 24.1. The third-order valence-electron chi connectivity index (χ3n) is 4.56. The zero-order valence-corrected chi connectivity index (χ0v) is 16.8. The molecular weight excluding hydrogens is 376 g/mol. The summed E-state index contributed by atoms with van der Waals surface area (Å²) in [6.07, 6.45) is 0.210. The maximum Gasteiger partial charge on any atom is 0.265 e. The molecule has 29 heavy (non-hydrogen) atoms. The van der Waals surface area contributed by atoms with Gasteiger partial charge < -0.3 is 29.6 Å². The average molecular weight is 400 g/mol. The maximum absolute atomic E-state index is 12.4. The minimum absolute atomic E-state index is 0.157. The highest BCUT2D eigenvalue weighted by Crippen LogP contribution is 2.38. The summed E-state index contributed by atoms with van der Waals surface area (Å²) in [5, 5.41) is 5.60. The van der Waals surface area contributed by atoms with Crippen LogP contribution in [0.3, 0.4) is 0 Å². The number of rotatable bonds is 7. The van der Waals surface area contributed by atoms with Crippen molar-refractivity contribution in [2.75, 3.05) is 32.0 Å². The molecule has 0 bridgehead atoms. The van der Waals surface area contributed by atoms with Gasteiger partial charge >= 0.3 is 0 Å². The van der Waals surface area contributed by atoms with E-state index in [1.165, 1.54) is 0 Å². The van der Waals surface area contributed by atoms with Gasteiger partial charge in [0.15, 0.2) is 17.6 Å². The van der Waals surface area contributed by atoms with Crippen molar-refractivity contribution in [1.29, 1.82) is 0 Å². The second-order valence-corrected chi connectivity index (χ2v) is 6.54. The van der Waals surface area contributed by atoms with Crippen molar-refractivity contribution in [2.45, 2.75) is 25.9 Å². The highest BCUT2D eigenvalue weighted by Gasteiger charge is 2.23. The lowest BCUT2D eigenvalue weighted by Crippen LogP contribution is -2.34. The molecule has 0 spiro atoms. The molecule has 0 fully saturated rings. The molecule has 0 aliphatic carbocycles. The van der Waals surface area contributed by atoms with Gasteiger partial charge in [0.2, 0.25) is 11.7 Å². The standard InChI is InChI=1S/C21H24N2O6/c1-12-21(25)23-15-11-14(6-7-16(15)29-12)22-19(24)8-5-13-9-17(26-2)20(28-4)18(10-13)27-3/h6-7,9-12H,5,8H2,1-4H3,(H,22,24)(H,23,25). The van der Waals surface area contributed by atoms with Crippen LogP contribution >= 0.6 is 0 Å². The molecule has 1 heterocycles. The molecule has 0 aromatic heterocycles. The van der Waals surface area contributed by atoms with Crippen molar-refractivity contribution in [3.05, 3.63) is 35.9 Å². The Labute approximate surface area is 169 Å². The van der Waals surface area contributed by atoms with Crippen molar-refractivity contribution in [2.24, 2.45) is 0 Å². The van der Waals surface area contributed by atoms with Gasteiger partial charge in [0, 0.05) is 12.1 Å². The molecule has 0 saturated heterocycles. The number of amides is 2. The van der Waals surface area contributed by atoms with Crippen LogP contribution in [0.5, 0.6) is 23.0 Å². The topological polar surface area (TPSA) is 95.1 Å². The molecule has 8 heteroatoms. The zero-order chi connectivity index (χ0) is 21.0. The number of fused-ring (bicyclic) bond motifs is 1. The predicted octanol–water partition coefficient (Wildman–Crippen LogP) is 3.00. The van der Waals surface area contributed by atoms with E-state index in [2.05, 4.69) is 10.6 Å². The SMILES string of the molecule is COc1cc(CCC(=O)Nc2ccc3c(c2)NC(=O)C(C)O3)cc(OC)c1OC. The number of ether oxygens (including phenoxy) is 4. The molecule has 0 saturated carbocycles. The van der Waals surface area contributed by atoms with Crippen molar-refractivity contribution in [1.82, 2.24) is 0 Å². The quantitative estimate of drug-likeness (QED) is 0.742. The number of carbonyl (C=O) groups is 2. The Kier molecular flexibility index (Phi) is 6.11. The van der Waals surface area contributed by atoms with Gasteiger partial charge in [0.25, 0.3) is 5.91 Å². The Hall–Kier alpha value is -3.42. The highest BCUT2D eigenvalue weighted by molar-refractivity contribution is 5.99. The van der Waals surface area contributed by atoms with Crippen molar-refractivity contribution in [3.63, 3.8) is 0 Å². The molecular formula is C21H24N2O6. The van der Waals surface area contributed by atoms with E-state index in [4.69, 9.17) is 18.9 Å². The first kappa shape index (κ1) is 20.3. The number of anilines is 2. The zero-order valence-electron chi connectivity index (χ0n) is 16.8. The molecule has 1 aliphatic heterocycles. The van der Waals surface area contributed by atoms with E-state index in [0.717, 1.165) is 5.56 Å². The van der Waals surface area contributed by atoms with Crippen LogP contribution in [0.15, 0.2) is 30.3 Å². The molecule has 8 nitrogen and oxygen atoms in total. The second-order valence-electron chi connectivity index (χ2n) is 6.54. The number of nitrogens with one attached hydrogen (secondary N) is 2. The second kappa shape index (κ2) is 8.72. The molecule has 2 aromatic rings. The predicted molar refractivity (Wildman–Crippen MR) is 108 cm³/mol. The van der Waals surface area contributed by atoms with Crippen LogP contribution in [0, 0.1) is 0 Å². The van der Waals surface area contributed by atoms with Crippen LogP contribution in [-0.2, 0) is 16.0 Å². The summed E-state index contributed by atoms with van der Waals surface area (Å²) >= 11 is 0. The van der Waals surface area contributed by atoms with Gasteiger partial charge in [-0.25, -0.2) is 0 Å². The number of hydrogen-bond acceptors (Lipinski definition) is 6. The van der Waals surface area contributed by atoms with Crippen molar-refractivity contribution < 1.29 is 28.5 Å². The van der Waals surface area contributed by atoms with Crippen molar-refractivity contribution >= 4 is 23.2 Å². The fourth-order valence-corrected chi connectivity index (χ4v) is 3.05. The maximum atomic E-state index is 12.4. The molecule has 1 atom stereocenters. The largest absolute Gasteiger partial charge is 0.493 e. The van der Waals surface area contributed by atoms with Crippen LogP contribution in [0.2, 0.25) is 0 Å². The minimum atomic E-state index is -0.540. The molecule has 1 unspecified atom stereocenters. The van der Waals surface area contributed by atoms with Gasteiger partial charge in [-0.3, -0.25) is 9.59 Å². The van der Waals surface area contributed by atoms with Crippen LogP contribution in [0.1, 0.15) is 18.9 Å². The molecule has 3 rings (SSSR count). The van der Waals surface area contributed by atoms with Gasteiger partial charge in [-0.15, -0.1) is 0 Å². The Bertz CT molecular complexity index is 902. The summed E-state index contributed by atoms with van der Waals surface area (Å²) in [6, 6.07) is 8.78. The monoisotopic (exact) mass is 400 g/mol. The Morgan fingerprint density at radius 3 is 2.41 bits per heavy atom. The van der Waals surface area contributed by atoms with Gasteiger partial charge in [-0.2, -0.15) is 0 Å². The number of methoxy groups -OCH3 is 3. The van der Waals surface area contributed by atoms with E-state index in [-0.39, 0.29) is 18.2 Å². The lowest BCUT2D eigenvalue weighted by atomic mass is 10.1. The number of benzene rings is 2. The molecule has 154 valence electrons.